The summed E-state index contributed by atoms with van der Waals surface area (Å²) in [5, 5.41) is 0. The first-order chi connectivity index (χ1) is 11.6. The molecule has 3 aromatic rings. The Hall–Kier alpha value is -2.96. The van der Waals surface area contributed by atoms with Crippen LogP contribution in [0.1, 0.15) is 17.1 Å². The van der Waals surface area contributed by atoms with E-state index in [1.54, 1.807) is 18.2 Å². The van der Waals surface area contributed by atoms with Gasteiger partial charge in [-0.1, -0.05) is 12.1 Å². The van der Waals surface area contributed by atoms with Crippen molar-refractivity contribution in [3.8, 4) is 0 Å². The number of rotatable bonds is 2. The minimum absolute atomic E-state index is 0.0243. The van der Waals surface area contributed by atoms with Gasteiger partial charge in [-0.15, -0.1) is 0 Å². The molecule has 122 valence electrons. The highest BCUT2D eigenvalue weighted by atomic mass is 16.2. The zero-order valence-corrected chi connectivity index (χ0v) is 13.3. The lowest BCUT2D eigenvalue weighted by Crippen LogP contribution is -2.41. The quantitative estimate of drug-likeness (QED) is 0.763. The lowest BCUT2D eigenvalue weighted by Gasteiger charge is -2.28. The minimum atomic E-state index is -0.150. The Kier molecular flexibility index (Phi) is 3.41. The lowest BCUT2D eigenvalue weighted by molar-refractivity contribution is -0.132. The van der Waals surface area contributed by atoms with Crippen LogP contribution in [0, 0.1) is 6.92 Å². The highest BCUT2D eigenvalue weighted by Gasteiger charge is 2.24. The van der Waals surface area contributed by atoms with E-state index in [1.807, 2.05) is 28.8 Å². The third-order valence-electron chi connectivity index (χ3n) is 4.37. The molecule has 0 unspecified atom stereocenters. The van der Waals surface area contributed by atoms with Gasteiger partial charge in [0.15, 0.2) is 0 Å². The molecule has 1 aromatic carbocycles. The monoisotopic (exact) mass is 323 g/mol. The Bertz CT molecular complexity index is 988. The van der Waals surface area contributed by atoms with Gasteiger partial charge in [0, 0.05) is 13.0 Å². The smallest absolute Gasteiger partial charge is 0.256 e. The van der Waals surface area contributed by atoms with E-state index in [9.17, 15) is 9.59 Å². The van der Waals surface area contributed by atoms with Gasteiger partial charge in [0.25, 0.3) is 5.56 Å². The number of aromatic nitrogens is 4. The Morgan fingerprint density at radius 1 is 1.33 bits per heavy atom. The Morgan fingerprint density at radius 3 is 3.04 bits per heavy atom. The van der Waals surface area contributed by atoms with Crippen molar-refractivity contribution in [1.29, 1.82) is 0 Å². The van der Waals surface area contributed by atoms with E-state index < -0.39 is 0 Å². The zero-order valence-electron chi connectivity index (χ0n) is 13.3. The number of nitrogens with one attached hydrogen (secondary N) is 1. The molecule has 1 N–H and O–H groups in total. The summed E-state index contributed by atoms with van der Waals surface area (Å²) in [4.78, 5) is 37.8. The minimum Gasteiger partial charge on any atom is -0.336 e. The van der Waals surface area contributed by atoms with Crippen LogP contribution in [0.2, 0.25) is 0 Å². The van der Waals surface area contributed by atoms with Gasteiger partial charge >= 0.3 is 0 Å². The fourth-order valence-electron chi connectivity index (χ4n) is 3.14. The predicted molar refractivity (Wildman–Crippen MR) is 88.4 cm³/mol. The van der Waals surface area contributed by atoms with Gasteiger partial charge in [-0.2, -0.15) is 0 Å². The number of aryl methyl sites for hydroxylation is 1. The molecule has 0 radical (unpaired) electrons. The average Bonchev–Trinajstić information content (AvgIpc) is 2.97. The van der Waals surface area contributed by atoms with Gasteiger partial charge in [-0.3, -0.25) is 9.59 Å². The number of carbonyl (C=O) groups excluding carboxylic acids is 1. The maximum atomic E-state index is 12.6. The van der Waals surface area contributed by atoms with Gasteiger partial charge < -0.3 is 14.5 Å². The average molecular weight is 323 g/mol. The molecule has 3 heterocycles. The van der Waals surface area contributed by atoms with Crippen LogP contribution in [-0.4, -0.2) is 36.9 Å². The standard InChI is InChI=1S/C17H17N5O2/c1-11-19-13-6-7-21(8-12(13)17(24)20-11)16(23)9-22-10-18-14-4-2-3-5-15(14)22/h2-5,10H,6-9H2,1H3,(H,19,20,24). The highest BCUT2D eigenvalue weighted by molar-refractivity contribution is 5.80. The van der Waals surface area contributed by atoms with Crippen LogP contribution in [-0.2, 0) is 24.3 Å². The van der Waals surface area contributed by atoms with Crippen molar-refractivity contribution in [2.75, 3.05) is 6.54 Å². The fraction of sp³-hybridized carbons (Fsp3) is 0.294. The van der Waals surface area contributed by atoms with Gasteiger partial charge in [0.05, 0.1) is 35.2 Å². The van der Waals surface area contributed by atoms with Crippen molar-refractivity contribution in [3.63, 3.8) is 0 Å². The summed E-state index contributed by atoms with van der Waals surface area (Å²) in [6, 6.07) is 7.71. The van der Waals surface area contributed by atoms with E-state index >= 15 is 0 Å². The number of para-hydroxylation sites is 2. The summed E-state index contributed by atoms with van der Waals surface area (Å²) < 4.78 is 1.84. The molecule has 0 bridgehead atoms. The topological polar surface area (TPSA) is 83.9 Å². The van der Waals surface area contributed by atoms with Crippen LogP contribution >= 0.6 is 0 Å². The van der Waals surface area contributed by atoms with Crippen LogP contribution in [0.5, 0.6) is 0 Å². The SMILES string of the molecule is Cc1nc2c(c(=O)[nH]1)CN(C(=O)Cn1cnc3ccccc31)CC2. The summed E-state index contributed by atoms with van der Waals surface area (Å²) in [5.41, 5.74) is 3.04. The maximum absolute atomic E-state index is 12.6. The van der Waals surface area contributed by atoms with E-state index in [2.05, 4.69) is 15.0 Å². The molecule has 0 aliphatic carbocycles. The van der Waals surface area contributed by atoms with E-state index in [4.69, 9.17) is 0 Å². The second-order valence-electron chi connectivity index (χ2n) is 6.00. The van der Waals surface area contributed by atoms with Gasteiger partial charge in [0.1, 0.15) is 12.4 Å². The van der Waals surface area contributed by atoms with E-state index in [0.717, 1.165) is 16.7 Å². The second-order valence-corrected chi connectivity index (χ2v) is 6.00. The fourth-order valence-corrected chi connectivity index (χ4v) is 3.14. The normalized spacial score (nSPS) is 14.0. The summed E-state index contributed by atoms with van der Waals surface area (Å²) in [5.74, 6) is 0.590. The third kappa shape index (κ3) is 2.47. The first kappa shape index (κ1) is 14.6. The van der Waals surface area contributed by atoms with Crippen molar-refractivity contribution < 1.29 is 4.79 Å². The zero-order chi connectivity index (χ0) is 16.7. The van der Waals surface area contributed by atoms with E-state index in [1.165, 1.54) is 0 Å². The molecule has 7 heteroatoms. The first-order valence-corrected chi connectivity index (χ1v) is 7.88. The molecule has 24 heavy (non-hydrogen) atoms. The van der Waals surface area contributed by atoms with Gasteiger partial charge in [0.2, 0.25) is 5.91 Å². The largest absolute Gasteiger partial charge is 0.336 e. The molecular weight excluding hydrogens is 306 g/mol. The van der Waals surface area contributed by atoms with Crippen molar-refractivity contribution in [1.82, 2.24) is 24.4 Å². The maximum Gasteiger partial charge on any atom is 0.256 e. The van der Waals surface area contributed by atoms with Crippen molar-refractivity contribution in [3.05, 3.63) is 58.0 Å². The summed E-state index contributed by atoms with van der Waals surface area (Å²) in [6.07, 6.45) is 2.29. The van der Waals surface area contributed by atoms with Gasteiger partial charge in [-0.25, -0.2) is 9.97 Å². The van der Waals surface area contributed by atoms with Crippen LogP contribution < -0.4 is 5.56 Å². The van der Waals surface area contributed by atoms with Crippen molar-refractivity contribution >= 4 is 16.9 Å². The van der Waals surface area contributed by atoms with E-state index in [0.29, 0.717) is 30.9 Å². The van der Waals surface area contributed by atoms with Crippen LogP contribution in [0.4, 0.5) is 0 Å². The number of amides is 1. The lowest BCUT2D eigenvalue weighted by atomic mass is 10.1. The molecule has 0 fully saturated rings. The molecule has 4 rings (SSSR count). The molecule has 2 aromatic heterocycles. The molecule has 0 spiro atoms. The summed E-state index contributed by atoms with van der Waals surface area (Å²) in [6.45, 7) is 2.87. The number of aromatic amines is 1. The number of hydrogen-bond acceptors (Lipinski definition) is 4. The van der Waals surface area contributed by atoms with Gasteiger partial charge in [-0.05, 0) is 19.1 Å². The number of fused-ring (bicyclic) bond motifs is 2. The molecule has 1 aliphatic rings. The Labute approximate surface area is 138 Å². The number of hydrogen-bond donors (Lipinski definition) is 1. The molecular formula is C17H17N5O2. The molecule has 0 saturated carbocycles. The Morgan fingerprint density at radius 2 is 2.17 bits per heavy atom. The number of imidazole rings is 1. The number of carbonyl (C=O) groups is 1. The molecule has 7 nitrogen and oxygen atoms in total. The van der Waals surface area contributed by atoms with Crippen molar-refractivity contribution in [2.24, 2.45) is 0 Å². The molecule has 0 atom stereocenters. The van der Waals surface area contributed by atoms with Crippen LogP contribution in [0.3, 0.4) is 0 Å². The summed E-state index contributed by atoms with van der Waals surface area (Å²) >= 11 is 0. The van der Waals surface area contributed by atoms with Crippen LogP contribution in [0.15, 0.2) is 35.4 Å². The first-order valence-electron chi connectivity index (χ1n) is 7.88. The third-order valence-corrected chi connectivity index (χ3v) is 4.37. The molecule has 1 amide bonds. The number of benzene rings is 1. The number of H-pyrrole nitrogens is 1. The van der Waals surface area contributed by atoms with Crippen LogP contribution in [0.25, 0.3) is 11.0 Å². The number of nitrogens with zero attached hydrogens (tertiary/aromatic N) is 4. The second kappa shape index (κ2) is 5.59. The highest BCUT2D eigenvalue weighted by Crippen LogP contribution is 2.16. The van der Waals surface area contributed by atoms with Crippen molar-refractivity contribution in [2.45, 2.75) is 26.4 Å². The predicted octanol–water partition coefficient (Wildman–Crippen LogP) is 1.01. The van der Waals surface area contributed by atoms with E-state index in [-0.39, 0.29) is 18.0 Å². The molecule has 0 saturated heterocycles. The molecule has 1 aliphatic heterocycles. The Balaban J connectivity index is 1.56. The summed E-state index contributed by atoms with van der Waals surface area (Å²) in [7, 11) is 0.